The van der Waals surface area contributed by atoms with Crippen molar-refractivity contribution >= 4 is 43.6 Å². The number of para-hydroxylation sites is 3. The summed E-state index contributed by atoms with van der Waals surface area (Å²) in [7, 11) is 0. The number of benzene rings is 8. The fraction of sp³-hybridized carbons (Fsp3) is 0. The lowest BCUT2D eigenvalue weighted by Crippen LogP contribution is -2.04. The second kappa shape index (κ2) is 13.1. The number of rotatable bonds is 6. The molecule has 4 heteroatoms. The van der Waals surface area contributed by atoms with Gasteiger partial charge >= 0.3 is 0 Å². The highest BCUT2D eigenvalue weighted by atomic mass is 15.2. The molecule has 0 unspecified atom stereocenters. The first-order chi connectivity index (χ1) is 27.8. The average molecular weight is 715 g/mol. The fourth-order valence-corrected chi connectivity index (χ4v) is 8.40. The Bertz CT molecular complexity index is 3130. The van der Waals surface area contributed by atoms with Crippen molar-refractivity contribution in [1.82, 2.24) is 19.1 Å². The van der Waals surface area contributed by atoms with Gasteiger partial charge in [0.25, 0.3) is 0 Å². The van der Waals surface area contributed by atoms with Crippen molar-refractivity contribution < 1.29 is 0 Å². The predicted octanol–water partition coefficient (Wildman–Crippen LogP) is 13.3. The van der Waals surface area contributed by atoms with Crippen LogP contribution in [-0.2, 0) is 0 Å². The number of aromatic nitrogens is 4. The van der Waals surface area contributed by atoms with E-state index < -0.39 is 0 Å². The maximum absolute atomic E-state index is 5.43. The summed E-state index contributed by atoms with van der Waals surface area (Å²) in [5, 5.41) is 4.79. The van der Waals surface area contributed by atoms with Gasteiger partial charge in [-0.3, -0.25) is 4.57 Å². The van der Waals surface area contributed by atoms with E-state index in [2.05, 4.69) is 215 Å². The maximum Gasteiger partial charge on any atom is 0.235 e. The Balaban J connectivity index is 1.20. The van der Waals surface area contributed by atoms with Crippen molar-refractivity contribution in [3.63, 3.8) is 0 Å². The lowest BCUT2D eigenvalue weighted by molar-refractivity contribution is 0.996. The molecule has 0 spiro atoms. The van der Waals surface area contributed by atoms with Crippen molar-refractivity contribution in [3.8, 4) is 56.4 Å². The molecule has 0 bridgehead atoms. The van der Waals surface area contributed by atoms with E-state index in [1.807, 2.05) is 0 Å². The molecule has 0 fully saturated rings. The second-order valence-corrected chi connectivity index (χ2v) is 14.2. The maximum atomic E-state index is 5.43. The Hall–Kier alpha value is -7.56. The number of fused-ring (bicyclic) bond motifs is 7. The van der Waals surface area contributed by atoms with Gasteiger partial charge in [-0.15, -0.1) is 0 Å². The predicted molar refractivity (Wildman–Crippen MR) is 232 cm³/mol. The van der Waals surface area contributed by atoms with Gasteiger partial charge in [-0.2, -0.15) is 0 Å². The molecule has 0 aliphatic rings. The van der Waals surface area contributed by atoms with Crippen molar-refractivity contribution in [1.29, 1.82) is 0 Å². The quantitative estimate of drug-likeness (QED) is 0.172. The lowest BCUT2D eigenvalue weighted by atomic mass is 9.99. The summed E-state index contributed by atoms with van der Waals surface area (Å²) >= 11 is 0. The molecule has 4 nitrogen and oxygen atoms in total. The number of hydrogen-bond donors (Lipinski definition) is 0. The minimum absolute atomic E-state index is 0.630. The van der Waals surface area contributed by atoms with Crippen molar-refractivity contribution in [2.24, 2.45) is 0 Å². The average Bonchev–Trinajstić information content (AvgIpc) is 3.80. The van der Waals surface area contributed by atoms with Crippen molar-refractivity contribution in [2.45, 2.75) is 0 Å². The highest BCUT2D eigenvalue weighted by molar-refractivity contribution is 6.28. The van der Waals surface area contributed by atoms with E-state index in [0.29, 0.717) is 5.95 Å². The van der Waals surface area contributed by atoms with Gasteiger partial charge in [0.1, 0.15) is 0 Å². The standard InChI is InChI=1S/C52H34N4/c1-4-16-35(17-5-1)37-20-14-22-39(32-37)44-34-45(40-23-15-21-38(33-40)36-18-6-2-7-19-36)54-52(53-44)56-47-29-13-11-27-43(47)51-49(56)31-30-48-50(51)42-26-10-12-28-46(42)55(48)41-24-8-3-9-25-41/h1-34H. The lowest BCUT2D eigenvalue weighted by Gasteiger charge is -2.13. The third-order valence-corrected chi connectivity index (χ3v) is 10.9. The number of hydrogen-bond acceptors (Lipinski definition) is 2. The Morgan fingerprint density at radius 1 is 0.286 bits per heavy atom. The molecule has 0 saturated carbocycles. The first-order valence-electron chi connectivity index (χ1n) is 19.0. The van der Waals surface area contributed by atoms with E-state index in [9.17, 15) is 0 Å². The van der Waals surface area contributed by atoms with Crippen molar-refractivity contribution in [3.05, 3.63) is 206 Å². The van der Waals surface area contributed by atoms with Gasteiger partial charge in [-0.05, 0) is 76.9 Å². The minimum atomic E-state index is 0.630. The molecule has 11 rings (SSSR count). The third-order valence-electron chi connectivity index (χ3n) is 10.9. The first-order valence-corrected chi connectivity index (χ1v) is 19.0. The summed E-state index contributed by atoms with van der Waals surface area (Å²) in [4.78, 5) is 10.9. The van der Waals surface area contributed by atoms with Crippen LogP contribution in [0.25, 0.3) is 100 Å². The van der Waals surface area contributed by atoms with Crippen LogP contribution in [0.4, 0.5) is 0 Å². The molecule has 262 valence electrons. The van der Waals surface area contributed by atoms with E-state index in [1.54, 1.807) is 0 Å². The van der Waals surface area contributed by atoms with Crippen LogP contribution in [0.2, 0.25) is 0 Å². The molecule has 56 heavy (non-hydrogen) atoms. The highest BCUT2D eigenvalue weighted by Crippen LogP contribution is 2.42. The van der Waals surface area contributed by atoms with Crippen LogP contribution in [0.3, 0.4) is 0 Å². The van der Waals surface area contributed by atoms with Gasteiger partial charge in [-0.25, -0.2) is 9.97 Å². The van der Waals surface area contributed by atoms with Gasteiger partial charge < -0.3 is 4.57 Å². The monoisotopic (exact) mass is 714 g/mol. The van der Waals surface area contributed by atoms with Gasteiger partial charge in [-0.1, -0.05) is 152 Å². The largest absolute Gasteiger partial charge is 0.309 e. The Labute approximate surface area is 324 Å². The van der Waals surface area contributed by atoms with E-state index in [-0.39, 0.29) is 0 Å². The zero-order chi connectivity index (χ0) is 37.0. The third kappa shape index (κ3) is 5.23. The summed E-state index contributed by atoms with van der Waals surface area (Å²) in [6.45, 7) is 0. The zero-order valence-corrected chi connectivity index (χ0v) is 30.4. The second-order valence-electron chi connectivity index (χ2n) is 14.2. The van der Waals surface area contributed by atoms with E-state index in [4.69, 9.17) is 9.97 Å². The summed E-state index contributed by atoms with van der Waals surface area (Å²) in [6, 6.07) is 73.1. The first kappa shape index (κ1) is 31.9. The molecule has 0 amide bonds. The van der Waals surface area contributed by atoms with E-state index in [0.717, 1.165) is 55.7 Å². The smallest absolute Gasteiger partial charge is 0.235 e. The fourth-order valence-electron chi connectivity index (χ4n) is 8.40. The molecule has 3 heterocycles. The Kier molecular flexibility index (Phi) is 7.46. The highest BCUT2D eigenvalue weighted by Gasteiger charge is 2.22. The molecule has 3 aromatic heterocycles. The van der Waals surface area contributed by atoms with Crippen LogP contribution in [0.1, 0.15) is 0 Å². The Morgan fingerprint density at radius 3 is 1.23 bits per heavy atom. The van der Waals surface area contributed by atoms with Crippen LogP contribution >= 0.6 is 0 Å². The topological polar surface area (TPSA) is 35.6 Å². The zero-order valence-electron chi connectivity index (χ0n) is 30.4. The molecule has 11 aromatic rings. The summed E-state index contributed by atoms with van der Waals surface area (Å²) < 4.78 is 4.64. The normalized spacial score (nSPS) is 11.6. The van der Waals surface area contributed by atoms with Gasteiger partial charge in [0.15, 0.2) is 0 Å². The van der Waals surface area contributed by atoms with Crippen LogP contribution < -0.4 is 0 Å². The van der Waals surface area contributed by atoms with Crippen LogP contribution in [0.15, 0.2) is 206 Å². The summed E-state index contributed by atoms with van der Waals surface area (Å²) in [5.41, 5.74) is 14.0. The number of nitrogens with zero attached hydrogens (tertiary/aromatic N) is 4. The van der Waals surface area contributed by atoms with E-state index in [1.165, 1.54) is 38.3 Å². The molecule has 0 saturated heterocycles. The van der Waals surface area contributed by atoms with E-state index >= 15 is 0 Å². The molecule has 0 atom stereocenters. The van der Waals surface area contributed by atoms with Crippen LogP contribution in [0.5, 0.6) is 0 Å². The molecule has 8 aromatic carbocycles. The van der Waals surface area contributed by atoms with Gasteiger partial charge in [0.05, 0.1) is 33.5 Å². The molecule has 0 aliphatic carbocycles. The summed E-state index contributed by atoms with van der Waals surface area (Å²) in [5.74, 6) is 0.630. The minimum Gasteiger partial charge on any atom is -0.309 e. The molecular formula is C52H34N4. The Morgan fingerprint density at radius 2 is 0.696 bits per heavy atom. The van der Waals surface area contributed by atoms with Crippen LogP contribution in [0, 0.1) is 0 Å². The van der Waals surface area contributed by atoms with Gasteiger partial charge in [0.2, 0.25) is 5.95 Å². The van der Waals surface area contributed by atoms with Crippen molar-refractivity contribution in [2.75, 3.05) is 0 Å². The SMILES string of the molecule is c1ccc(-c2cccc(-c3cc(-c4cccc(-c5ccccc5)c4)nc(-n4c5ccccc5c5c6c7ccccc7n(-c7ccccc7)c6ccc54)n3)c2)cc1. The van der Waals surface area contributed by atoms with Crippen LogP contribution in [-0.4, -0.2) is 19.1 Å². The summed E-state index contributed by atoms with van der Waals surface area (Å²) in [6.07, 6.45) is 0. The molecule has 0 radical (unpaired) electrons. The molecule has 0 aliphatic heterocycles. The van der Waals surface area contributed by atoms with Gasteiger partial charge in [0, 0.05) is 38.4 Å². The molecular weight excluding hydrogens is 681 g/mol. The molecule has 0 N–H and O–H groups in total.